The number of rotatable bonds is 5. The smallest absolute Gasteiger partial charge is 0.212 e. The number of aromatic nitrogens is 1. The van der Waals surface area contributed by atoms with Gasteiger partial charge in [0.15, 0.2) is 0 Å². The van der Waals surface area contributed by atoms with E-state index in [1.807, 2.05) is 12.3 Å². The first kappa shape index (κ1) is 12.9. The van der Waals surface area contributed by atoms with E-state index < -0.39 is 0 Å². The van der Waals surface area contributed by atoms with Crippen LogP contribution in [0.1, 0.15) is 44.1 Å². The zero-order valence-corrected chi connectivity index (χ0v) is 11.8. The highest BCUT2D eigenvalue weighted by molar-refractivity contribution is 5.17. The van der Waals surface area contributed by atoms with E-state index in [4.69, 9.17) is 4.74 Å². The second kappa shape index (κ2) is 5.91. The van der Waals surface area contributed by atoms with E-state index in [0.717, 1.165) is 18.4 Å². The molecule has 1 N–H and O–H groups in total. The third-order valence-electron chi connectivity index (χ3n) is 4.61. The van der Waals surface area contributed by atoms with E-state index in [-0.39, 0.29) is 0 Å². The van der Waals surface area contributed by atoms with Gasteiger partial charge >= 0.3 is 0 Å². The van der Waals surface area contributed by atoms with E-state index in [9.17, 15) is 0 Å². The van der Waals surface area contributed by atoms with Crippen molar-refractivity contribution in [1.82, 2.24) is 10.3 Å². The Morgan fingerprint density at radius 1 is 1.21 bits per heavy atom. The van der Waals surface area contributed by atoms with Gasteiger partial charge in [0.1, 0.15) is 0 Å². The van der Waals surface area contributed by atoms with Gasteiger partial charge < -0.3 is 10.1 Å². The third kappa shape index (κ3) is 3.47. The molecule has 2 fully saturated rings. The summed E-state index contributed by atoms with van der Waals surface area (Å²) in [6.45, 7) is 0.930. The molecule has 1 aromatic heterocycles. The summed E-state index contributed by atoms with van der Waals surface area (Å²) in [5.74, 6) is 2.75. The van der Waals surface area contributed by atoms with Crippen molar-refractivity contribution in [2.75, 3.05) is 7.11 Å². The van der Waals surface area contributed by atoms with Crippen LogP contribution in [0.5, 0.6) is 5.88 Å². The average molecular weight is 260 g/mol. The summed E-state index contributed by atoms with van der Waals surface area (Å²) in [6, 6.07) is 4.74. The van der Waals surface area contributed by atoms with Gasteiger partial charge in [-0.1, -0.05) is 18.9 Å². The number of nitrogens with zero attached hydrogens (tertiary/aromatic N) is 1. The fourth-order valence-electron chi connectivity index (χ4n) is 3.31. The molecule has 3 nitrogen and oxygen atoms in total. The molecule has 0 saturated heterocycles. The fourth-order valence-corrected chi connectivity index (χ4v) is 3.31. The molecule has 0 bridgehead atoms. The zero-order valence-electron chi connectivity index (χ0n) is 11.8. The van der Waals surface area contributed by atoms with E-state index in [2.05, 4.69) is 16.4 Å². The number of ether oxygens (including phenoxy) is 1. The molecule has 1 aromatic rings. The lowest BCUT2D eigenvalue weighted by molar-refractivity contribution is 0.260. The van der Waals surface area contributed by atoms with Crippen molar-refractivity contribution in [2.45, 2.75) is 51.1 Å². The Labute approximate surface area is 115 Å². The third-order valence-corrected chi connectivity index (χ3v) is 4.61. The average Bonchev–Trinajstić information content (AvgIpc) is 3.31. The van der Waals surface area contributed by atoms with Gasteiger partial charge in [0, 0.05) is 24.8 Å². The summed E-state index contributed by atoms with van der Waals surface area (Å²) in [6.07, 6.45) is 10.5. The van der Waals surface area contributed by atoms with E-state index in [1.165, 1.54) is 44.1 Å². The van der Waals surface area contributed by atoms with Crippen LogP contribution in [0.3, 0.4) is 0 Å². The summed E-state index contributed by atoms with van der Waals surface area (Å²) >= 11 is 0. The van der Waals surface area contributed by atoms with Crippen LogP contribution in [0, 0.1) is 11.8 Å². The number of methoxy groups -OCH3 is 1. The van der Waals surface area contributed by atoms with E-state index >= 15 is 0 Å². The van der Waals surface area contributed by atoms with Crippen molar-refractivity contribution in [3.05, 3.63) is 23.9 Å². The maximum Gasteiger partial charge on any atom is 0.212 e. The van der Waals surface area contributed by atoms with Crippen LogP contribution in [0.25, 0.3) is 0 Å². The summed E-state index contributed by atoms with van der Waals surface area (Å²) in [5.41, 5.74) is 1.24. The maximum atomic E-state index is 5.08. The first-order chi connectivity index (χ1) is 9.35. The molecule has 3 rings (SSSR count). The van der Waals surface area contributed by atoms with Gasteiger partial charge in [0.2, 0.25) is 5.88 Å². The van der Waals surface area contributed by atoms with Crippen molar-refractivity contribution in [3.8, 4) is 5.88 Å². The molecule has 2 aliphatic carbocycles. The molecule has 0 radical (unpaired) electrons. The Kier molecular flexibility index (Phi) is 4.02. The minimum atomic E-state index is 0.690. The molecule has 3 heteroatoms. The molecular formula is C16H24N2O. The monoisotopic (exact) mass is 260 g/mol. The van der Waals surface area contributed by atoms with Gasteiger partial charge in [-0.15, -0.1) is 0 Å². The van der Waals surface area contributed by atoms with Gasteiger partial charge in [-0.3, -0.25) is 0 Å². The number of hydrogen-bond donors (Lipinski definition) is 1. The Balaban J connectivity index is 1.47. The van der Waals surface area contributed by atoms with E-state index in [0.29, 0.717) is 11.9 Å². The largest absolute Gasteiger partial charge is 0.481 e. The molecule has 1 heterocycles. The van der Waals surface area contributed by atoms with Gasteiger partial charge in [-0.2, -0.15) is 0 Å². The standard InChI is InChI=1S/C16H24N2O/c1-19-16-8-5-12(11-18-16)10-17-15-4-2-3-14(9-15)13-6-7-13/h5,8,11,13-15,17H,2-4,6-7,9-10H2,1H3. The Bertz CT molecular complexity index is 400. The molecule has 0 aromatic carbocycles. The number of hydrogen-bond acceptors (Lipinski definition) is 3. The first-order valence-electron chi connectivity index (χ1n) is 7.57. The van der Waals surface area contributed by atoms with Gasteiger partial charge in [-0.05, 0) is 43.1 Å². The molecule has 2 saturated carbocycles. The van der Waals surface area contributed by atoms with Crippen molar-refractivity contribution in [3.63, 3.8) is 0 Å². The topological polar surface area (TPSA) is 34.1 Å². The van der Waals surface area contributed by atoms with E-state index in [1.54, 1.807) is 7.11 Å². The van der Waals surface area contributed by atoms with Crippen LogP contribution in [-0.2, 0) is 6.54 Å². The lowest BCUT2D eigenvalue weighted by atomic mass is 9.82. The van der Waals surface area contributed by atoms with Crippen LogP contribution in [-0.4, -0.2) is 18.1 Å². The molecular weight excluding hydrogens is 236 g/mol. The maximum absolute atomic E-state index is 5.08. The predicted molar refractivity (Wildman–Crippen MR) is 76.1 cm³/mol. The molecule has 2 atom stereocenters. The molecule has 0 amide bonds. The van der Waals surface area contributed by atoms with Crippen molar-refractivity contribution < 1.29 is 4.74 Å². The summed E-state index contributed by atoms with van der Waals surface area (Å²) in [7, 11) is 1.65. The van der Waals surface area contributed by atoms with Crippen LogP contribution in [0.2, 0.25) is 0 Å². The zero-order chi connectivity index (χ0) is 13.1. The van der Waals surface area contributed by atoms with Gasteiger partial charge in [0.05, 0.1) is 7.11 Å². The molecule has 104 valence electrons. The van der Waals surface area contributed by atoms with Crippen molar-refractivity contribution >= 4 is 0 Å². The van der Waals surface area contributed by atoms with Gasteiger partial charge in [-0.25, -0.2) is 4.98 Å². The molecule has 2 unspecified atom stereocenters. The molecule has 19 heavy (non-hydrogen) atoms. The highest BCUT2D eigenvalue weighted by atomic mass is 16.5. The Morgan fingerprint density at radius 2 is 2.11 bits per heavy atom. The van der Waals surface area contributed by atoms with Crippen LogP contribution in [0.4, 0.5) is 0 Å². The quantitative estimate of drug-likeness (QED) is 0.883. The number of nitrogens with one attached hydrogen (secondary N) is 1. The second-order valence-corrected chi connectivity index (χ2v) is 6.05. The summed E-state index contributed by atoms with van der Waals surface area (Å²) < 4.78 is 5.08. The lowest BCUT2D eigenvalue weighted by Gasteiger charge is -2.30. The SMILES string of the molecule is COc1ccc(CNC2CCCC(C3CC3)C2)cn1. The second-order valence-electron chi connectivity index (χ2n) is 6.05. The summed E-state index contributed by atoms with van der Waals surface area (Å²) in [4.78, 5) is 4.25. The Hall–Kier alpha value is -1.09. The first-order valence-corrected chi connectivity index (χ1v) is 7.57. The highest BCUT2D eigenvalue weighted by Crippen LogP contribution is 2.43. The minimum absolute atomic E-state index is 0.690. The predicted octanol–water partition coefficient (Wildman–Crippen LogP) is 3.15. The van der Waals surface area contributed by atoms with Crippen molar-refractivity contribution in [2.24, 2.45) is 11.8 Å². The Morgan fingerprint density at radius 3 is 2.79 bits per heavy atom. The van der Waals surface area contributed by atoms with Gasteiger partial charge in [0.25, 0.3) is 0 Å². The molecule has 2 aliphatic rings. The summed E-state index contributed by atoms with van der Waals surface area (Å²) in [5, 5.41) is 3.71. The fraction of sp³-hybridized carbons (Fsp3) is 0.688. The van der Waals surface area contributed by atoms with Crippen LogP contribution >= 0.6 is 0 Å². The normalized spacial score (nSPS) is 27.2. The minimum Gasteiger partial charge on any atom is -0.481 e. The highest BCUT2D eigenvalue weighted by Gasteiger charge is 2.34. The molecule has 0 aliphatic heterocycles. The molecule has 0 spiro atoms. The van der Waals surface area contributed by atoms with Crippen LogP contribution < -0.4 is 10.1 Å². The number of pyridine rings is 1. The lowest BCUT2D eigenvalue weighted by Crippen LogP contribution is -2.34. The van der Waals surface area contributed by atoms with Crippen LogP contribution in [0.15, 0.2) is 18.3 Å². The van der Waals surface area contributed by atoms with Crippen molar-refractivity contribution in [1.29, 1.82) is 0 Å².